The molecule has 1 N–H and O–H groups in total. The Morgan fingerprint density at radius 3 is 2.80 bits per heavy atom. The summed E-state index contributed by atoms with van der Waals surface area (Å²) in [5, 5.41) is 20.6. The van der Waals surface area contributed by atoms with Gasteiger partial charge in [-0.05, 0) is 42.7 Å². The zero-order chi connectivity index (χ0) is 18.0. The molecule has 1 saturated heterocycles. The average molecular weight is 342 g/mol. The number of nitro groups is 1. The standard InChI is InChI=1S/C18H18N2O5/c1-25-14-5-2-4-12(10-14)15-6-3-9-19(15)18(22)13-7-8-16(20(23)24)17(21)11-13/h2,4-5,7-8,10-11,15,21H,3,6,9H2,1H3/t15-/m0/s1. The molecular formula is C18H18N2O5. The number of phenols is 1. The van der Waals surface area contributed by atoms with Crippen molar-refractivity contribution in [2.75, 3.05) is 13.7 Å². The molecule has 1 atom stereocenters. The summed E-state index contributed by atoms with van der Waals surface area (Å²) < 4.78 is 5.25. The van der Waals surface area contributed by atoms with Crippen molar-refractivity contribution in [1.82, 2.24) is 4.90 Å². The van der Waals surface area contributed by atoms with Crippen LogP contribution in [-0.4, -0.2) is 34.5 Å². The van der Waals surface area contributed by atoms with Crippen molar-refractivity contribution in [1.29, 1.82) is 0 Å². The molecule has 1 fully saturated rings. The molecule has 1 aliphatic rings. The van der Waals surface area contributed by atoms with Crippen LogP contribution in [0.5, 0.6) is 11.5 Å². The number of aromatic hydroxyl groups is 1. The lowest BCUT2D eigenvalue weighted by Gasteiger charge is -2.25. The van der Waals surface area contributed by atoms with Crippen LogP contribution in [-0.2, 0) is 0 Å². The predicted octanol–water partition coefficient (Wildman–Crippen LogP) is 3.29. The number of hydrogen-bond acceptors (Lipinski definition) is 5. The summed E-state index contributed by atoms with van der Waals surface area (Å²) in [4.78, 5) is 24.7. The first-order chi connectivity index (χ1) is 12.0. The van der Waals surface area contributed by atoms with E-state index in [1.54, 1.807) is 12.0 Å². The summed E-state index contributed by atoms with van der Waals surface area (Å²) in [7, 11) is 1.59. The highest BCUT2D eigenvalue weighted by Crippen LogP contribution is 2.35. The van der Waals surface area contributed by atoms with Crippen LogP contribution < -0.4 is 4.74 Å². The number of likely N-dealkylation sites (tertiary alicyclic amines) is 1. The lowest BCUT2D eigenvalue weighted by Crippen LogP contribution is -2.30. The lowest BCUT2D eigenvalue weighted by molar-refractivity contribution is -0.385. The number of nitrogens with zero attached hydrogens (tertiary/aromatic N) is 2. The Hall–Kier alpha value is -3.09. The van der Waals surface area contributed by atoms with E-state index in [0.29, 0.717) is 6.54 Å². The van der Waals surface area contributed by atoms with Gasteiger partial charge in [0.15, 0.2) is 5.75 Å². The van der Waals surface area contributed by atoms with Crippen molar-refractivity contribution < 1.29 is 19.6 Å². The molecule has 0 aromatic heterocycles. The van der Waals surface area contributed by atoms with E-state index in [4.69, 9.17) is 4.74 Å². The van der Waals surface area contributed by atoms with Gasteiger partial charge in [-0.2, -0.15) is 0 Å². The summed E-state index contributed by atoms with van der Waals surface area (Å²) >= 11 is 0. The van der Waals surface area contributed by atoms with Gasteiger partial charge in [-0.1, -0.05) is 12.1 Å². The molecule has 0 saturated carbocycles. The van der Waals surface area contributed by atoms with E-state index in [-0.39, 0.29) is 17.5 Å². The summed E-state index contributed by atoms with van der Waals surface area (Å²) in [5.74, 6) is -0.0340. The van der Waals surface area contributed by atoms with E-state index in [9.17, 15) is 20.0 Å². The second-order valence-electron chi connectivity index (χ2n) is 5.89. The molecule has 7 heteroatoms. The number of phenolic OH excluding ortho intramolecular Hbond substituents is 1. The van der Waals surface area contributed by atoms with Crippen LogP contribution in [0.2, 0.25) is 0 Å². The highest BCUT2D eigenvalue weighted by molar-refractivity contribution is 5.95. The number of carbonyl (C=O) groups excluding carboxylic acids is 1. The van der Waals surface area contributed by atoms with Crippen LogP contribution >= 0.6 is 0 Å². The number of ether oxygens (including phenoxy) is 1. The van der Waals surface area contributed by atoms with Gasteiger partial charge in [-0.3, -0.25) is 14.9 Å². The van der Waals surface area contributed by atoms with Gasteiger partial charge in [0.05, 0.1) is 18.1 Å². The summed E-state index contributed by atoms with van der Waals surface area (Å²) in [6.45, 7) is 0.596. The highest BCUT2D eigenvalue weighted by atomic mass is 16.6. The Morgan fingerprint density at radius 1 is 1.32 bits per heavy atom. The van der Waals surface area contributed by atoms with Gasteiger partial charge in [-0.15, -0.1) is 0 Å². The fourth-order valence-electron chi connectivity index (χ4n) is 3.18. The van der Waals surface area contributed by atoms with Gasteiger partial charge in [0, 0.05) is 18.2 Å². The third kappa shape index (κ3) is 3.26. The van der Waals surface area contributed by atoms with Crippen molar-refractivity contribution in [2.24, 2.45) is 0 Å². The Balaban J connectivity index is 1.88. The van der Waals surface area contributed by atoms with Crippen molar-refractivity contribution in [3.63, 3.8) is 0 Å². The van der Waals surface area contributed by atoms with E-state index in [0.717, 1.165) is 36.3 Å². The molecule has 2 aromatic carbocycles. The number of hydrogen-bond donors (Lipinski definition) is 1. The molecule has 1 amide bonds. The minimum absolute atomic E-state index is 0.0834. The van der Waals surface area contributed by atoms with Gasteiger partial charge in [0.1, 0.15) is 5.75 Å². The Morgan fingerprint density at radius 2 is 2.12 bits per heavy atom. The molecule has 0 aliphatic carbocycles. The van der Waals surface area contributed by atoms with E-state index in [2.05, 4.69) is 0 Å². The minimum Gasteiger partial charge on any atom is -0.502 e. The Bertz CT molecular complexity index is 821. The number of amides is 1. The first kappa shape index (κ1) is 16.8. The van der Waals surface area contributed by atoms with Gasteiger partial charge in [0.25, 0.3) is 5.91 Å². The zero-order valence-corrected chi connectivity index (χ0v) is 13.7. The molecule has 0 bridgehead atoms. The van der Waals surface area contributed by atoms with E-state index in [1.807, 2.05) is 24.3 Å². The number of methoxy groups -OCH3 is 1. The largest absolute Gasteiger partial charge is 0.502 e. The Kier molecular flexibility index (Phi) is 4.56. The maximum atomic E-state index is 12.8. The molecule has 0 spiro atoms. The maximum Gasteiger partial charge on any atom is 0.310 e. The molecular weight excluding hydrogens is 324 g/mol. The molecule has 3 rings (SSSR count). The molecule has 25 heavy (non-hydrogen) atoms. The molecule has 0 unspecified atom stereocenters. The fourth-order valence-corrected chi connectivity index (χ4v) is 3.18. The normalized spacial score (nSPS) is 16.7. The van der Waals surface area contributed by atoms with E-state index >= 15 is 0 Å². The van der Waals surface area contributed by atoms with Crippen molar-refractivity contribution in [3.8, 4) is 11.5 Å². The average Bonchev–Trinajstić information content (AvgIpc) is 3.10. The van der Waals surface area contributed by atoms with Crippen molar-refractivity contribution in [2.45, 2.75) is 18.9 Å². The monoisotopic (exact) mass is 342 g/mol. The van der Waals surface area contributed by atoms with E-state index < -0.39 is 16.4 Å². The number of rotatable bonds is 4. The quantitative estimate of drug-likeness (QED) is 0.680. The second kappa shape index (κ2) is 6.80. The van der Waals surface area contributed by atoms with Crippen molar-refractivity contribution >= 4 is 11.6 Å². The minimum atomic E-state index is -0.682. The SMILES string of the molecule is COc1cccc([C@@H]2CCCN2C(=O)c2ccc([N+](=O)[O-])c(O)c2)c1. The van der Waals surface area contributed by atoms with Gasteiger partial charge in [-0.25, -0.2) is 0 Å². The zero-order valence-electron chi connectivity index (χ0n) is 13.7. The first-order valence-corrected chi connectivity index (χ1v) is 7.93. The number of carbonyl (C=O) groups is 1. The van der Waals surface area contributed by atoms with Crippen LogP contribution in [0.15, 0.2) is 42.5 Å². The topological polar surface area (TPSA) is 92.9 Å². The van der Waals surface area contributed by atoms with Crippen molar-refractivity contribution in [3.05, 3.63) is 63.7 Å². The summed E-state index contributed by atoms with van der Waals surface area (Å²) in [5.41, 5.74) is 0.802. The first-order valence-electron chi connectivity index (χ1n) is 7.93. The van der Waals surface area contributed by atoms with Crippen LogP contribution in [0.4, 0.5) is 5.69 Å². The smallest absolute Gasteiger partial charge is 0.310 e. The molecule has 0 radical (unpaired) electrons. The lowest BCUT2D eigenvalue weighted by atomic mass is 10.0. The maximum absolute atomic E-state index is 12.8. The fraction of sp³-hybridized carbons (Fsp3) is 0.278. The van der Waals surface area contributed by atoms with Gasteiger partial charge >= 0.3 is 5.69 Å². The van der Waals surface area contributed by atoms with Gasteiger partial charge in [0.2, 0.25) is 0 Å². The third-order valence-electron chi connectivity index (χ3n) is 4.41. The molecule has 2 aromatic rings. The predicted molar refractivity (Wildman–Crippen MR) is 90.8 cm³/mol. The summed E-state index contributed by atoms with van der Waals surface area (Å²) in [6, 6.07) is 11.2. The third-order valence-corrected chi connectivity index (χ3v) is 4.41. The molecule has 7 nitrogen and oxygen atoms in total. The number of nitro benzene ring substituents is 1. The second-order valence-corrected chi connectivity index (χ2v) is 5.89. The van der Waals surface area contributed by atoms with E-state index in [1.165, 1.54) is 6.07 Å². The molecule has 130 valence electrons. The highest BCUT2D eigenvalue weighted by Gasteiger charge is 2.31. The molecule has 1 aliphatic heterocycles. The summed E-state index contributed by atoms with van der Waals surface area (Å²) in [6.07, 6.45) is 1.70. The Labute approximate surface area is 144 Å². The number of benzene rings is 2. The van der Waals surface area contributed by atoms with Gasteiger partial charge < -0.3 is 14.7 Å². The van der Waals surface area contributed by atoms with Crippen LogP contribution in [0, 0.1) is 10.1 Å². The van der Waals surface area contributed by atoms with Crippen LogP contribution in [0.3, 0.4) is 0 Å². The van der Waals surface area contributed by atoms with Crippen LogP contribution in [0.25, 0.3) is 0 Å². The van der Waals surface area contributed by atoms with Crippen LogP contribution in [0.1, 0.15) is 34.8 Å². The molecule has 1 heterocycles.